The van der Waals surface area contributed by atoms with Crippen LogP contribution in [-0.2, 0) is 6.42 Å². The van der Waals surface area contributed by atoms with Crippen molar-refractivity contribution in [2.75, 3.05) is 7.05 Å². The second kappa shape index (κ2) is 5.11. The van der Waals surface area contributed by atoms with Crippen molar-refractivity contribution in [3.05, 3.63) is 22.4 Å². The van der Waals surface area contributed by atoms with E-state index in [1.54, 1.807) is 6.42 Å². The molecule has 0 aromatic carbocycles. The summed E-state index contributed by atoms with van der Waals surface area (Å²) in [6.45, 7) is 0. The van der Waals surface area contributed by atoms with Crippen LogP contribution in [0.3, 0.4) is 0 Å². The third kappa shape index (κ3) is 2.58. The van der Waals surface area contributed by atoms with Gasteiger partial charge in [0, 0.05) is 10.9 Å². The molecule has 1 N–H and O–H groups in total. The van der Waals surface area contributed by atoms with Crippen LogP contribution in [0.5, 0.6) is 0 Å². The van der Waals surface area contributed by atoms with Crippen molar-refractivity contribution in [1.82, 2.24) is 5.32 Å². The molecule has 1 heterocycles. The number of rotatable bonds is 5. The quantitative estimate of drug-likeness (QED) is 0.839. The van der Waals surface area contributed by atoms with Gasteiger partial charge in [0.15, 0.2) is 0 Å². The zero-order valence-electron chi connectivity index (χ0n) is 10.7. The smallest absolute Gasteiger partial charge is 0.0115 e. The molecule has 1 aromatic heterocycles. The molecule has 0 spiro atoms. The Hall–Kier alpha value is -0.340. The van der Waals surface area contributed by atoms with Crippen molar-refractivity contribution >= 4 is 11.3 Å². The van der Waals surface area contributed by atoms with Gasteiger partial charge < -0.3 is 5.32 Å². The molecule has 0 radical (unpaired) electrons. The monoisotopic (exact) mass is 249 g/mol. The number of hydrogen-bond donors (Lipinski definition) is 1. The van der Waals surface area contributed by atoms with Crippen LogP contribution in [0.25, 0.3) is 0 Å². The van der Waals surface area contributed by atoms with Crippen molar-refractivity contribution in [2.24, 2.45) is 17.8 Å². The van der Waals surface area contributed by atoms with Crippen molar-refractivity contribution < 1.29 is 0 Å². The molecule has 4 unspecified atom stereocenters. The van der Waals surface area contributed by atoms with Gasteiger partial charge in [-0.25, -0.2) is 0 Å². The third-order valence-electron chi connectivity index (χ3n) is 4.91. The SMILES string of the molecule is CNC(Cc1cccs1)CC1CC2CCC1C2. The molecule has 3 rings (SSSR count). The average Bonchev–Trinajstić information content (AvgIpc) is 3.04. The Morgan fingerprint density at radius 2 is 2.35 bits per heavy atom. The van der Waals surface area contributed by atoms with E-state index in [0.717, 1.165) is 17.8 Å². The summed E-state index contributed by atoms with van der Waals surface area (Å²) in [7, 11) is 2.13. The summed E-state index contributed by atoms with van der Waals surface area (Å²) in [4.78, 5) is 1.53. The molecule has 2 saturated carbocycles. The van der Waals surface area contributed by atoms with Crippen LogP contribution in [0, 0.1) is 17.8 Å². The van der Waals surface area contributed by atoms with Gasteiger partial charge in [0.25, 0.3) is 0 Å². The van der Waals surface area contributed by atoms with Gasteiger partial charge in [-0.05, 0) is 68.4 Å². The van der Waals surface area contributed by atoms with Gasteiger partial charge in [-0.15, -0.1) is 11.3 Å². The van der Waals surface area contributed by atoms with Crippen LogP contribution in [0.15, 0.2) is 17.5 Å². The van der Waals surface area contributed by atoms with E-state index in [1.165, 1.54) is 37.0 Å². The molecule has 2 bridgehead atoms. The molecule has 0 amide bonds. The lowest BCUT2D eigenvalue weighted by atomic mass is 9.83. The molecule has 2 aliphatic carbocycles. The van der Waals surface area contributed by atoms with E-state index in [2.05, 4.69) is 29.9 Å². The van der Waals surface area contributed by atoms with E-state index in [1.807, 2.05) is 11.3 Å². The number of fused-ring (bicyclic) bond motifs is 2. The molecule has 4 atom stereocenters. The maximum atomic E-state index is 3.53. The fourth-order valence-corrected chi connectivity index (χ4v) is 4.79. The maximum absolute atomic E-state index is 3.53. The fraction of sp³-hybridized carbons (Fsp3) is 0.733. The van der Waals surface area contributed by atoms with Crippen molar-refractivity contribution in [3.63, 3.8) is 0 Å². The van der Waals surface area contributed by atoms with Crippen LogP contribution in [0.1, 0.15) is 37.0 Å². The second-order valence-corrected chi connectivity index (χ2v) is 6.97. The van der Waals surface area contributed by atoms with Crippen LogP contribution in [0.4, 0.5) is 0 Å². The normalized spacial score (nSPS) is 33.1. The van der Waals surface area contributed by atoms with E-state index < -0.39 is 0 Å². The van der Waals surface area contributed by atoms with E-state index in [4.69, 9.17) is 0 Å². The van der Waals surface area contributed by atoms with Crippen molar-refractivity contribution in [2.45, 2.75) is 44.6 Å². The first-order valence-electron chi connectivity index (χ1n) is 7.04. The topological polar surface area (TPSA) is 12.0 Å². The first kappa shape index (κ1) is 11.7. The molecule has 17 heavy (non-hydrogen) atoms. The molecule has 2 fully saturated rings. The van der Waals surface area contributed by atoms with Gasteiger partial charge in [-0.2, -0.15) is 0 Å². The van der Waals surface area contributed by atoms with Crippen LogP contribution >= 0.6 is 11.3 Å². The summed E-state index contributed by atoms with van der Waals surface area (Å²) in [6, 6.07) is 5.14. The number of likely N-dealkylation sites (N-methyl/N-ethyl adjacent to an activating group) is 1. The lowest BCUT2D eigenvalue weighted by Crippen LogP contribution is -2.31. The highest BCUT2D eigenvalue weighted by Crippen LogP contribution is 2.49. The average molecular weight is 249 g/mol. The minimum absolute atomic E-state index is 0.693. The summed E-state index contributed by atoms with van der Waals surface area (Å²) in [6.07, 6.45) is 8.73. The predicted octanol–water partition coefficient (Wildman–Crippen LogP) is 3.70. The fourth-order valence-electron chi connectivity index (χ4n) is 4.01. The van der Waals surface area contributed by atoms with Crippen LogP contribution in [-0.4, -0.2) is 13.1 Å². The largest absolute Gasteiger partial charge is 0.317 e. The molecule has 0 saturated heterocycles. The van der Waals surface area contributed by atoms with Crippen LogP contribution in [0.2, 0.25) is 0 Å². The highest BCUT2D eigenvalue weighted by Gasteiger charge is 2.39. The molecular formula is C15H23NS. The number of hydrogen-bond acceptors (Lipinski definition) is 2. The summed E-state index contributed by atoms with van der Waals surface area (Å²) in [5.41, 5.74) is 0. The second-order valence-electron chi connectivity index (χ2n) is 5.94. The number of nitrogens with one attached hydrogen (secondary N) is 1. The Labute approximate surface area is 109 Å². The molecule has 1 aromatic rings. The third-order valence-corrected chi connectivity index (χ3v) is 5.81. The Morgan fingerprint density at radius 3 is 2.94 bits per heavy atom. The van der Waals surface area contributed by atoms with Gasteiger partial charge in [0.05, 0.1) is 0 Å². The highest BCUT2D eigenvalue weighted by atomic mass is 32.1. The Bertz CT molecular complexity index is 346. The van der Waals surface area contributed by atoms with E-state index in [0.29, 0.717) is 6.04 Å². The zero-order valence-corrected chi connectivity index (χ0v) is 11.5. The highest BCUT2D eigenvalue weighted by molar-refractivity contribution is 7.09. The first-order valence-corrected chi connectivity index (χ1v) is 7.92. The summed E-state index contributed by atoms with van der Waals surface area (Å²) < 4.78 is 0. The minimum Gasteiger partial charge on any atom is -0.317 e. The maximum Gasteiger partial charge on any atom is 0.0115 e. The molecular weight excluding hydrogens is 226 g/mol. The van der Waals surface area contributed by atoms with E-state index in [9.17, 15) is 0 Å². The van der Waals surface area contributed by atoms with Crippen LogP contribution < -0.4 is 5.32 Å². The Kier molecular flexibility index (Phi) is 3.53. The van der Waals surface area contributed by atoms with E-state index in [-0.39, 0.29) is 0 Å². The van der Waals surface area contributed by atoms with Gasteiger partial charge in [-0.3, -0.25) is 0 Å². The van der Waals surface area contributed by atoms with Gasteiger partial charge in [-0.1, -0.05) is 12.5 Å². The van der Waals surface area contributed by atoms with Gasteiger partial charge in [0.2, 0.25) is 0 Å². The van der Waals surface area contributed by atoms with E-state index >= 15 is 0 Å². The molecule has 2 aliphatic rings. The van der Waals surface area contributed by atoms with Crippen molar-refractivity contribution in [3.8, 4) is 0 Å². The standard InChI is InChI=1S/C15H23NS/c1-16-14(10-15-3-2-6-17-15)9-13-8-11-4-5-12(13)7-11/h2-3,6,11-14,16H,4-5,7-10H2,1H3. The molecule has 1 nitrogen and oxygen atoms in total. The zero-order chi connectivity index (χ0) is 11.7. The van der Waals surface area contributed by atoms with Gasteiger partial charge in [0.1, 0.15) is 0 Å². The first-order chi connectivity index (χ1) is 8.35. The summed E-state index contributed by atoms with van der Waals surface area (Å²) in [5, 5.41) is 5.73. The molecule has 2 heteroatoms. The Morgan fingerprint density at radius 1 is 1.41 bits per heavy atom. The molecule has 94 valence electrons. The predicted molar refractivity (Wildman–Crippen MR) is 74.4 cm³/mol. The van der Waals surface area contributed by atoms with Gasteiger partial charge >= 0.3 is 0 Å². The number of thiophene rings is 1. The molecule has 0 aliphatic heterocycles. The lowest BCUT2D eigenvalue weighted by Gasteiger charge is -2.26. The lowest BCUT2D eigenvalue weighted by molar-refractivity contribution is 0.282. The summed E-state index contributed by atoms with van der Waals surface area (Å²) >= 11 is 1.90. The Balaban J connectivity index is 1.55. The summed E-state index contributed by atoms with van der Waals surface area (Å²) in [5.74, 6) is 3.18. The minimum atomic E-state index is 0.693. The van der Waals surface area contributed by atoms with Crippen molar-refractivity contribution in [1.29, 1.82) is 0 Å².